The lowest BCUT2D eigenvalue weighted by atomic mass is 9.94. The van der Waals surface area contributed by atoms with Crippen molar-refractivity contribution in [2.75, 3.05) is 0 Å². The average molecular weight is 273 g/mol. The van der Waals surface area contributed by atoms with E-state index in [1.807, 2.05) is 4.68 Å². The van der Waals surface area contributed by atoms with Crippen LogP contribution >= 0.6 is 0 Å². The SMILES string of the molecule is Cc1cc(C)c(C(NN)c2ncnn2C(C)C)c(C)c1. The van der Waals surface area contributed by atoms with Crippen LogP contribution in [0.25, 0.3) is 0 Å². The van der Waals surface area contributed by atoms with E-state index in [1.165, 1.54) is 22.3 Å². The lowest BCUT2D eigenvalue weighted by molar-refractivity contribution is 0.468. The number of nitrogens with two attached hydrogens (primary N) is 1. The third kappa shape index (κ3) is 2.59. The molecule has 0 spiro atoms. The highest BCUT2D eigenvalue weighted by atomic mass is 15.4. The van der Waals surface area contributed by atoms with E-state index >= 15 is 0 Å². The van der Waals surface area contributed by atoms with Crippen molar-refractivity contribution in [3.63, 3.8) is 0 Å². The minimum atomic E-state index is -0.152. The summed E-state index contributed by atoms with van der Waals surface area (Å²) < 4.78 is 1.91. The van der Waals surface area contributed by atoms with Crippen LogP contribution in [0.3, 0.4) is 0 Å². The van der Waals surface area contributed by atoms with Crippen molar-refractivity contribution in [2.24, 2.45) is 5.84 Å². The van der Waals surface area contributed by atoms with Crippen molar-refractivity contribution >= 4 is 0 Å². The van der Waals surface area contributed by atoms with Crippen LogP contribution in [0.2, 0.25) is 0 Å². The van der Waals surface area contributed by atoms with E-state index in [-0.39, 0.29) is 12.1 Å². The van der Waals surface area contributed by atoms with Gasteiger partial charge in [0.05, 0.1) is 0 Å². The maximum Gasteiger partial charge on any atom is 0.150 e. The van der Waals surface area contributed by atoms with Gasteiger partial charge in [-0.3, -0.25) is 5.84 Å². The van der Waals surface area contributed by atoms with Gasteiger partial charge in [-0.05, 0) is 51.3 Å². The molecule has 1 aromatic heterocycles. The number of hydrogen-bond acceptors (Lipinski definition) is 4. The summed E-state index contributed by atoms with van der Waals surface area (Å²) in [5.74, 6) is 6.65. The maximum atomic E-state index is 5.81. The zero-order valence-electron chi connectivity index (χ0n) is 12.8. The minimum Gasteiger partial charge on any atom is -0.270 e. The third-order valence-corrected chi connectivity index (χ3v) is 3.54. The van der Waals surface area contributed by atoms with Gasteiger partial charge in [-0.25, -0.2) is 15.1 Å². The standard InChI is InChI=1S/C15H23N5/c1-9(2)20-15(17-8-18-20)14(19-16)13-11(4)6-10(3)7-12(13)5/h6-9,14,19H,16H2,1-5H3. The van der Waals surface area contributed by atoms with Gasteiger partial charge >= 0.3 is 0 Å². The van der Waals surface area contributed by atoms with Gasteiger partial charge in [0, 0.05) is 6.04 Å². The molecule has 3 N–H and O–H groups in total. The molecule has 0 aliphatic heterocycles. The molecule has 0 fully saturated rings. The van der Waals surface area contributed by atoms with Gasteiger partial charge in [-0.2, -0.15) is 5.10 Å². The Hall–Kier alpha value is -1.72. The molecular formula is C15H23N5. The summed E-state index contributed by atoms with van der Waals surface area (Å²) in [7, 11) is 0. The topological polar surface area (TPSA) is 68.8 Å². The molecule has 0 amide bonds. The molecule has 0 radical (unpaired) electrons. The highest BCUT2D eigenvalue weighted by Crippen LogP contribution is 2.28. The fourth-order valence-corrected chi connectivity index (χ4v) is 2.80. The molecule has 0 bridgehead atoms. The van der Waals surface area contributed by atoms with Gasteiger partial charge in [0.25, 0.3) is 0 Å². The van der Waals surface area contributed by atoms with Crippen LogP contribution in [0.15, 0.2) is 18.5 Å². The molecule has 2 aromatic rings. The quantitative estimate of drug-likeness (QED) is 0.662. The number of hydrogen-bond donors (Lipinski definition) is 2. The Bertz CT molecular complexity index is 577. The van der Waals surface area contributed by atoms with Crippen molar-refractivity contribution in [2.45, 2.75) is 46.7 Å². The van der Waals surface area contributed by atoms with Crippen LogP contribution in [0, 0.1) is 20.8 Å². The number of rotatable bonds is 4. The highest BCUT2D eigenvalue weighted by Gasteiger charge is 2.23. The molecule has 0 saturated carbocycles. The van der Waals surface area contributed by atoms with Gasteiger partial charge < -0.3 is 0 Å². The van der Waals surface area contributed by atoms with Crippen LogP contribution in [-0.2, 0) is 0 Å². The second kappa shape index (κ2) is 5.73. The van der Waals surface area contributed by atoms with E-state index in [0.717, 1.165) is 5.82 Å². The number of nitrogens with one attached hydrogen (secondary N) is 1. The fourth-order valence-electron chi connectivity index (χ4n) is 2.80. The van der Waals surface area contributed by atoms with E-state index in [0.29, 0.717) is 0 Å². The second-order valence-corrected chi connectivity index (χ2v) is 5.57. The van der Waals surface area contributed by atoms with Crippen molar-refractivity contribution < 1.29 is 0 Å². The number of aromatic nitrogens is 3. The first kappa shape index (κ1) is 14.7. The van der Waals surface area contributed by atoms with Gasteiger partial charge in [0.15, 0.2) is 0 Å². The Kier molecular flexibility index (Phi) is 4.20. The van der Waals surface area contributed by atoms with Gasteiger partial charge in [0.1, 0.15) is 18.2 Å². The molecule has 0 aliphatic carbocycles. The Labute approximate surface area is 120 Å². The zero-order valence-corrected chi connectivity index (χ0v) is 12.8. The van der Waals surface area contributed by atoms with E-state index in [9.17, 15) is 0 Å². The summed E-state index contributed by atoms with van der Waals surface area (Å²) in [6.45, 7) is 10.5. The molecule has 0 aliphatic rings. The molecule has 1 atom stereocenters. The Morgan fingerprint density at radius 3 is 2.25 bits per heavy atom. The van der Waals surface area contributed by atoms with Crippen LogP contribution in [-0.4, -0.2) is 14.8 Å². The minimum absolute atomic E-state index is 0.152. The molecule has 2 rings (SSSR count). The normalized spacial score (nSPS) is 12.9. The van der Waals surface area contributed by atoms with E-state index in [4.69, 9.17) is 5.84 Å². The molecule has 1 aromatic carbocycles. The first-order valence-corrected chi connectivity index (χ1v) is 6.89. The van der Waals surface area contributed by atoms with Crippen molar-refractivity contribution in [3.8, 4) is 0 Å². The molecule has 20 heavy (non-hydrogen) atoms. The summed E-state index contributed by atoms with van der Waals surface area (Å²) >= 11 is 0. The molecule has 0 saturated heterocycles. The first-order valence-electron chi connectivity index (χ1n) is 6.89. The van der Waals surface area contributed by atoms with E-state index in [1.54, 1.807) is 6.33 Å². The van der Waals surface area contributed by atoms with Gasteiger partial charge in [0.2, 0.25) is 0 Å². The number of hydrazine groups is 1. The number of nitrogens with zero attached hydrogens (tertiary/aromatic N) is 3. The van der Waals surface area contributed by atoms with Crippen molar-refractivity contribution in [1.82, 2.24) is 20.2 Å². The smallest absolute Gasteiger partial charge is 0.150 e. The lowest BCUT2D eigenvalue weighted by Crippen LogP contribution is -2.32. The first-order chi connectivity index (χ1) is 9.45. The molecule has 5 nitrogen and oxygen atoms in total. The second-order valence-electron chi connectivity index (χ2n) is 5.57. The molecule has 1 heterocycles. The number of aryl methyl sites for hydroxylation is 3. The Morgan fingerprint density at radius 2 is 1.75 bits per heavy atom. The van der Waals surface area contributed by atoms with Crippen LogP contribution in [0.4, 0.5) is 0 Å². The third-order valence-electron chi connectivity index (χ3n) is 3.54. The summed E-state index contributed by atoms with van der Waals surface area (Å²) in [5.41, 5.74) is 7.75. The largest absolute Gasteiger partial charge is 0.270 e. The molecule has 5 heteroatoms. The molecule has 108 valence electrons. The summed E-state index contributed by atoms with van der Waals surface area (Å²) in [5, 5.41) is 4.30. The summed E-state index contributed by atoms with van der Waals surface area (Å²) in [6.07, 6.45) is 1.58. The highest BCUT2D eigenvalue weighted by molar-refractivity contribution is 5.42. The van der Waals surface area contributed by atoms with Crippen LogP contribution in [0.5, 0.6) is 0 Å². The zero-order chi connectivity index (χ0) is 14.9. The molecule has 1 unspecified atom stereocenters. The van der Waals surface area contributed by atoms with Crippen molar-refractivity contribution in [1.29, 1.82) is 0 Å². The van der Waals surface area contributed by atoms with E-state index in [2.05, 4.69) is 62.3 Å². The molecular weight excluding hydrogens is 250 g/mol. The monoisotopic (exact) mass is 273 g/mol. The lowest BCUT2D eigenvalue weighted by Gasteiger charge is -2.22. The van der Waals surface area contributed by atoms with Crippen molar-refractivity contribution in [3.05, 3.63) is 46.5 Å². The average Bonchev–Trinajstić information content (AvgIpc) is 2.82. The Morgan fingerprint density at radius 1 is 1.15 bits per heavy atom. The summed E-state index contributed by atoms with van der Waals surface area (Å²) in [6, 6.07) is 4.43. The van der Waals surface area contributed by atoms with Crippen LogP contribution in [0.1, 0.15) is 54.0 Å². The van der Waals surface area contributed by atoms with Gasteiger partial charge in [-0.1, -0.05) is 17.7 Å². The Balaban J connectivity index is 2.56. The van der Waals surface area contributed by atoms with E-state index < -0.39 is 0 Å². The van der Waals surface area contributed by atoms with Gasteiger partial charge in [-0.15, -0.1) is 0 Å². The van der Waals surface area contributed by atoms with Crippen LogP contribution < -0.4 is 11.3 Å². The predicted molar refractivity (Wildman–Crippen MR) is 80.2 cm³/mol. The predicted octanol–water partition coefficient (Wildman–Crippen LogP) is 2.34. The number of benzene rings is 1. The summed E-state index contributed by atoms with van der Waals surface area (Å²) in [4.78, 5) is 4.40. The fraction of sp³-hybridized carbons (Fsp3) is 0.467. The maximum absolute atomic E-state index is 5.81.